The summed E-state index contributed by atoms with van der Waals surface area (Å²) in [5.41, 5.74) is 1.64. The number of aromatic nitrogens is 2. The largest absolute Gasteiger partial charge is 0.467 e. The summed E-state index contributed by atoms with van der Waals surface area (Å²) in [4.78, 5) is 27.4. The molecule has 2 aromatic rings. The minimum atomic E-state index is -1.37. The van der Waals surface area contributed by atoms with Crippen molar-refractivity contribution in [1.29, 1.82) is 0 Å². The van der Waals surface area contributed by atoms with E-state index in [1.807, 2.05) is 24.3 Å². The van der Waals surface area contributed by atoms with E-state index in [0.717, 1.165) is 11.0 Å². The minimum Gasteiger partial charge on any atom is -0.467 e. The molecule has 0 aliphatic heterocycles. The number of carbonyl (C=O) groups excluding carboxylic acids is 2. The zero-order valence-corrected chi connectivity index (χ0v) is 11.8. The molecule has 0 saturated heterocycles. The summed E-state index contributed by atoms with van der Waals surface area (Å²) >= 11 is 0. The molecule has 1 aromatic carbocycles. The van der Waals surface area contributed by atoms with Crippen molar-refractivity contribution >= 4 is 22.9 Å². The molecule has 2 atom stereocenters. The Balaban J connectivity index is 2.04. The molecule has 2 N–H and O–H groups in total. The Labute approximate surface area is 121 Å². The van der Waals surface area contributed by atoms with Gasteiger partial charge in [0, 0.05) is 0 Å². The number of nitrogens with zero attached hydrogens (tertiary/aromatic N) is 2. The normalized spacial score (nSPS) is 13.7. The molecule has 7 nitrogen and oxygen atoms in total. The molecule has 2 unspecified atom stereocenters. The molecule has 7 heteroatoms. The molecule has 1 aromatic heterocycles. The van der Waals surface area contributed by atoms with Crippen LogP contribution in [0.1, 0.15) is 13.0 Å². The highest BCUT2D eigenvalue weighted by Gasteiger charge is 2.20. The predicted octanol–water partition coefficient (Wildman–Crippen LogP) is 0.247. The third-order valence-corrected chi connectivity index (χ3v) is 3.22. The van der Waals surface area contributed by atoms with Crippen molar-refractivity contribution in [2.75, 3.05) is 13.7 Å². The SMILES string of the molecule is COC(=O)C(O)CNC(=O)C(C)n1cnc2ccccc21. The number of benzene rings is 1. The van der Waals surface area contributed by atoms with E-state index in [9.17, 15) is 14.7 Å². The minimum absolute atomic E-state index is 0.192. The molecule has 0 aliphatic rings. The molecule has 0 spiro atoms. The van der Waals surface area contributed by atoms with Gasteiger partial charge < -0.3 is 19.7 Å². The third-order valence-electron chi connectivity index (χ3n) is 3.22. The summed E-state index contributed by atoms with van der Waals surface area (Å²) in [6, 6.07) is 6.96. The second kappa shape index (κ2) is 6.36. The molecule has 21 heavy (non-hydrogen) atoms. The Morgan fingerprint density at radius 1 is 1.43 bits per heavy atom. The van der Waals surface area contributed by atoms with Gasteiger partial charge in [0.1, 0.15) is 6.04 Å². The van der Waals surface area contributed by atoms with Crippen LogP contribution >= 0.6 is 0 Å². The number of methoxy groups -OCH3 is 1. The van der Waals surface area contributed by atoms with Crippen molar-refractivity contribution in [2.24, 2.45) is 0 Å². The van der Waals surface area contributed by atoms with Crippen molar-refractivity contribution in [3.05, 3.63) is 30.6 Å². The summed E-state index contributed by atoms with van der Waals surface area (Å²) in [5, 5.41) is 12.0. The lowest BCUT2D eigenvalue weighted by molar-refractivity contribution is -0.150. The maximum absolute atomic E-state index is 12.1. The van der Waals surface area contributed by atoms with Gasteiger partial charge in [-0.3, -0.25) is 4.79 Å². The van der Waals surface area contributed by atoms with E-state index < -0.39 is 18.1 Å². The molecular formula is C14H17N3O4. The van der Waals surface area contributed by atoms with Crippen LogP contribution in [0.5, 0.6) is 0 Å². The van der Waals surface area contributed by atoms with Crippen LogP contribution in [0.4, 0.5) is 0 Å². The number of imidazole rings is 1. The lowest BCUT2D eigenvalue weighted by Crippen LogP contribution is -2.39. The maximum Gasteiger partial charge on any atom is 0.336 e. The first-order chi connectivity index (χ1) is 10.0. The highest BCUT2D eigenvalue weighted by atomic mass is 16.5. The second-order valence-corrected chi connectivity index (χ2v) is 4.60. The Morgan fingerprint density at radius 2 is 2.14 bits per heavy atom. The number of nitrogens with one attached hydrogen (secondary N) is 1. The van der Waals surface area contributed by atoms with E-state index in [1.54, 1.807) is 17.8 Å². The van der Waals surface area contributed by atoms with E-state index in [1.165, 1.54) is 7.11 Å². The van der Waals surface area contributed by atoms with Gasteiger partial charge in [0.2, 0.25) is 5.91 Å². The van der Waals surface area contributed by atoms with Gasteiger partial charge >= 0.3 is 5.97 Å². The number of ether oxygens (including phenoxy) is 1. The first-order valence-corrected chi connectivity index (χ1v) is 6.49. The Hall–Kier alpha value is -2.41. The molecule has 0 fully saturated rings. The summed E-state index contributed by atoms with van der Waals surface area (Å²) in [7, 11) is 1.17. The number of fused-ring (bicyclic) bond motifs is 1. The number of aliphatic hydroxyl groups excluding tert-OH is 1. The molecule has 0 saturated carbocycles. The third kappa shape index (κ3) is 3.19. The molecule has 0 bridgehead atoms. The molecule has 0 radical (unpaired) electrons. The van der Waals surface area contributed by atoms with Crippen molar-refractivity contribution in [2.45, 2.75) is 19.1 Å². The lowest BCUT2D eigenvalue weighted by atomic mass is 10.2. The van der Waals surface area contributed by atoms with Crippen LogP contribution in [-0.2, 0) is 14.3 Å². The number of para-hydroxylation sites is 2. The van der Waals surface area contributed by atoms with Gasteiger partial charge in [0.15, 0.2) is 6.10 Å². The molecular weight excluding hydrogens is 274 g/mol. The monoisotopic (exact) mass is 291 g/mol. The Kier molecular flexibility index (Phi) is 4.54. The van der Waals surface area contributed by atoms with E-state index in [0.29, 0.717) is 0 Å². The van der Waals surface area contributed by atoms with Crippen LogP contribution in [-0.4, -0.2) is 46.3 Å². The zero-order chi connectivity index (χ0) is 15.4. The second-order valence-electron chi connectivity index (χ2n) is 4.60. The van der Waals surface area contributed by atoms with Crippen molar-refractivity contribution in [1.82, 2.24) is 14.9 Å². The zero-order valence-electron chi connectivity index (χ0n) is 11.8. The number of aliphatic hydroxyl groups is 1. The first kappa shape index (κ1) is 15.0. The lowest BCUT2D eigenvalue weighted by Gasteiger charge is -2.16. The summed E-state index contributed by atoms with van der Waals surface area (Å²) in [6.45, 7) is 1.52. The Bertz CT molecular complexity index is 652. The number of rotatable bonds is 5. The van der Waals surface area contributed by atoms with E-state index >= 15 is 0 Å². The van der Waals surface area contributed by atoms with Gasteiger partial charge in [-0.25, -0.2) is 9.78 Å². The van der Waals surface area contributed by atoms with Gasteiger partial charge in [-0.1, -0.05) is 12.1 Å². The summed E-state index contributed by atoms with van der Waals surface area (Å²) in [5.74, 6) is -1.10. The van der Waals surface area contributed by atoms with Crippen LogP contribution in [0.3, 0.4) is 0 Å². The Morgan fingerprint density at radius 3 is 2.86 bits per heavy atom. The van der Waals surface area contributed by atoms with Crippen LogP contribution in [0.25, 0.3) is 11.0 Å². The summed E-state index contributed by atoms with van der Waals surface area (Å²) < 4.78 is 6.11. The van der Waals surface area contributed by atoms with Gasteiger partial charge in [0.05, 0.1) is 31.0 Å². The van der Waals surface area contributed by atoms with Crippen LogP contribution < -0.4 is 5.32 Å². The van der Waals surface area contributed by atoms with Gasteiger partial charge in [-0.15, -0.1) is 0 Å². The van der Waals surface area contributed by atoms with Gasteiger partial charge in [-0.2, -0.15) is 0 Å². The molecule has 112 valence electrons. The highest BCUT2D eigenvalue weighted by Crippen LogP contribution is 2.17. The fraction of sp³-hybridized carbons (Fsp3) is 0.357. The molecule has 1 amide bonds. The molecule has 1 heterocycles. The molecule has 0 aliphatic carbocycles. The number of hydrogen-bond acceptors (Lipinski definition) is 5. The first-order valence-electron chi connectivity index (χ1n) is 6.49. The standard InChI is InChI=1S/C14H17N3O4/c1-9(13(19)15-7-12(18)14(20)21-2)17-8-16-10-5-3-4-6-11(10)17/h3-6,8-9,12,18H,7H2,1-2H3,(H,15,19). The van der Waals surface area contributed by atoms with Gasteiger partial charge in [-0.05, 0) is 19.1 Å². The van der Waals surface area contributed by atoms with Crippen molar-refractivity contribution < 1.29 is 19.4 Å². The van der Waals surface area contributed by atoms with Crippen LogP contribution in [0, 0.1) is 0 Å². The smallest absolute Gasteiger partial charge is 0.336 e. The number of hydrogen-bond donors (Lipinski definition) is 2. The fourth-order valence-corrected chi connectivity index (χ4v) is 1.98. The van der Waals surface area contributed by atoms with Crippen molar-refractivity contribution in [3.8, 4) is 0 Å². The average molecular weight is 291 g/mol. The highest BCUT2D eigenvalue weighted by molar-refractivity contribution is 5.84. The quantitative estimate of drug-likeness (QED) is 0.770. The van der Waals surface area contributed by atoms with Gasteiger partial charge in [0.25, 0.3) is 0 Å². The van der Waals surface area contributed by atoms with Crippen LogP contribution in [0.15, 0.2) is 30.6 Å². The fourth-order valence-electron chi connectivity index (χ4n) is 1.98. The van der Waals surface area contributed by atoms with E-state index in [4.69, 9.17) is 0 Å². The summed E-state index contributed by atoms with van der Waals surface area (Å²) in [6.07, 6.45) is 0.219. The number of carbonyl (C=O) groups is 2. The van der Waals surface area contributed by atoms with E-state index in [-0.39, 0.29) is 12.5 Å². The average Bonchev–Trinajstić information content (AvgIpc) is 2.94. The number of amides is 1. The molecule has 2 rings (SSSR count). The number of esters is 1. The topological polar surface area (TPSA) is 93.5 Å². The van der Waals surface area contributed by atoms with Crippen molar-refractivity contribution in [3.63, 3.8) is 0 Å². The predicted molar refractivity (Wildman–Crippen MR) is 75.5 cm³/mol. The van der Waals surface area contributed by atoms with E-state index in [2.05, 4.69) is 15.0 Å². The maximum atomic E-state index is 12.1. The van der Waals surface area contributed by atoms with Crippen LogP contribution in [0.2, 0.25) is 0 Å².